The van der Waals surface area contributed by atoms with Crippen molar-refractivity contribution >= 4 is 34.9 Å². The van der Waals surface area contributed by atoms with Gasteiger partial charge in [-0.3, -0.25) is 0 Å². The van der Waals surface area contributed by atoms with E-state index in [1.165, 1.54) is 6.07 Å². The van der Waals surface area contributed by atoms with Crippen LogP contribution in [0, 0.1) is 5.82 Å². The fourth-order valence-corrected chi connectivity index (χ4v) is 1.89. The zero-order chi connectivity index (χ0) is 14.9. The van der Waals surface area contributed by atoms with Gasteiger partial charge in [-0.1, -0.05) is 29.3 Å². The average molecular weight is 316 g/mol. The molecule has 2 aromatic carbocycles. The Kier molecular flexibility index (Phi) is 4.01. The molecule has 0 bridgehead atoms. The van der Waals surface area contributed by atoms with Crippen LogP contribution < -0.4 is 10.5 Å². The summed E-state index contributed by atoms with van der Waals surface area (Å²) in [5.74, 6) is -2.23. The van der Waals surface area contributed by atoms with E-state index in [1.54, 1.807) is 12.1 Å². The van der Waals surface area contributed by atoms with Crippen molar-refractivity contribution in [3.05, 3.63) is 51.8 Å². The second-order valence-corrected chi connectivity index (χ2v) is 4.58. The first-order valence-electron chi connectivity index (χ1n) is 5.35. The van der Waals surface area contributed by atoms with Crippen LogP contribution in [0.2, 0.25) is 10.0 Å². The minimum atomic E-state index is -1.41. The molecule has 7 heteroatoms. The number of halogens is 3. The Balaban J connectivity index is 2.52. The molecule has 0 radical (unpaired) electrons. The van der Waals surface area contributed by atoms with E-state index in [2.05, 4.69) is 0 Å². The molecule has 0 fully saturated rings. The minimum Gasteiger partial charge on any atom is -0.477 e. The molecule has 0 aliphatic heterocycles. The molecule has 20 heavy (non-hydrogen) atoms. The van der Waals surface area contributed by atoms with Crippen molar-refractivity contribution in [2.24, 2.45) is 0 Å². The quantitative estimate of drug-likeness (QED) is 0.832. The lowest BCUT2D eigenvalue weighted by atomic mass is 10.1. The van der Waals surface area contributed by atoms with Gasteiger partial charge in [0.05, 0.1) is 10.7 Å². The van der Waals surface area contributed by atoms with Crippen molar-refractivity contribution in [2.45, 2.75) is 0 Å². The van der Waals surface area contributed by atoms with Gasteiger partial charge in [0.25, 0.3) is 0 Å². The molecule has 0 unspecified atom stereocenters. The Hall–Kier alpha value is -1.98. The summed E-state index contributed by atoms with van der Waals surface area (Å²) >= 11 is 11.8. The minimum absolute atomic E-state index is 0.119. The van der Waals surface area contributed by atoms with Crippen molar-refractivity contribution < 1.29 is 19.0 Å². The van der Waals surface area contributed by atoms with E-state index in [0.29, 0.717) is 0 Å². The number of carboxylic acid groups (broad SMARTS) is 1. The first-order valence-corrected chi connectivity index (χ1v) is 6.10. The largest absolute Gasteiger partial charge is 0.477 e. The van der Waals surface area contributed by atoms with Crippen LogP contribution in [0.15, 0.2) is 30.3 Å². The highest BCUT2D eigenvalue weighted by atomic mass is 35.5. The molecule has 0 heterocycles. The van der Waals surface area contributed by atoms with E-state index in [4.69, 9.17) is 38.8 Å². The SMILES string of the molecule is Nc1c(F)ccc(Oc2cccc(Cl)c2Cl)c1C(=O)O. The maximum absolute atomic E-state index is 13.3. The van der Waals surface area contributed by atoms with Crippen molar-refractivity contribution in [3.8, 4) is 11.5 Å². The molecule has 0 amide bonds. The molecule has 0 atom stereocenters. The number of rotatable bonds is 3. The molecule has 0 spiro atoms. The third kappa shape index (κ3) is 2.64. The number of anilines is 1. The third-order valence-electron chi connectivity index (χ3n) is 2.50. The van der Waals surface area contributed by atoms with Crippen molar-refractivity contribution in [3.63, 3.8) is 0 Å². The summed E-state index contributed by atoms with van der Waals surface area (Å²) in [6, 6.07) is 6.80. The Morgan fingerprint density at radius 3 is 2.55 bits per heavy atom. The van der Waals surface area contributed by atoms with Crippen LogP contribution in [0.1, 0.15) is 10.4 Å². The summed E-state index contributed by atoms with van der Waals surface area (Å²) in [7, 11) is 0. The fourth-order valence-electron chi connectivity index (χ4n) is 1.56. The van der Waals surface area contributed by atoms with Crippen LogP contribution >= 0.6 is 23.2 Å². The lowest BCUT2D eigenvalue weighted by molar-refractivity contribution is 0.0695. The summed E-state index contributed by atoms with van der Waals surface area (Å²) in [5.41, 5.74) is 4.43. The molecule has 4 nitrogen and oxygen atoms in total. The summed E-state index contributed by atoms with van der Waals surface area (Å²) in [6.07, 6.45) is 0. The van der Waals surface area contributed by atoms with Gasteiger partial charge in [-0.2, -0.15) is 0 Å². The number of carboxylic acids is 1. The molecule has 0 aliphatic rings. The number of nitrogen functional groups attached to an aromatic ring is 1. The zero-order valence-corrected chi connectivity index (χ0v) is 11.4. The van der Waals surface area contributed by atoms with Gasteiger partial charge in [-0.25, -0.2) is 9.18 Å². The summed E-state index contributed by atoms with van der Waals surface area (Å²) in [5, 5.41) is 9.45. The number of hydrogen-bond donors (Lipinski definition) is 2. The van der Waals surface area contributed by atoms with Crippen LogP contribution in [0.25, 0.3) is 0 Å². The Morgan fingerprint density at radius 1 is 1.20 bits per heavy atom. The molecule has 0 saturated carbocycles. The van der Waals surface area contributed by atoms with E-state index in [-0.39, 0.29) is 21.5 Å². The normalized spacial score (nSPS) is 10.3. The van der Waals surface area contributed by atoms with E-state index in [1.807, 2.05) is 0 Å². The predicted molar refractivity (Wildman–Crippen MR) is 74.3 cm³/mol. The molecular formula is C13H8Cl2FNO3. The first kappa shape index (κ1) is 14.4. The number of nitrogens with two attached hydrogens (primary N) is 1. The number of carbonyl (C=O) groups is 1. The highest BCUT2D eigenvalue weighted by molar-refractivity contribution is 6.42. The topological polar surface area (TPSA) is 72.5 Å². The predicted octanol–water partition coefficient (Wildman–Crippen LogP) is 4.21. The Labute approximate surface area is 123 Å². The Morgan fingerprint density at radius 2 is 1.90 bits per heavy atom. The van der Waals surface area contributed by atoms with Crippen LogP contribution in [-0.2, 0) is 0 Å². The van der Waals surface area contributed by atoms with Crippen LogP contribution in [0.5, 0.6) is 11.5 Å². The monoisotopic (exact) mass is 315 g/mol. The van der Waals surface area contributed by atoms with Crippen LogP contribution in [0.4, 0.5) is 10.1 Å². The maximum atomic E-state index is 13.3. The van der Waals surface area contributed by atoms with E-state index in [9.17, 15) is 9.18 Å². The lowest BCUT2D eigenvalue weighted by Gasteiger charge is -2.12. The van der Waals surface area contributed by atoms with Gasteiger partial charge in [0.15, 0.2) is 0 Å². The standard InChI is InChI=1S/C13H8Cl2FNO3/c14-6-2-1-3-9(11(6)15)20-8-5-4-7(16)12(17)10(8)13(18)19/h1-5H,17H2,(H,18,19). The third-order valence-corrected chi connectivity index (χ3v) is 3.31. The van der Waals surface area contributed by atoms with Gasteiger partial charge >= 0.3 is 5.97 Å². The molecule has 0 saturated heterocycles. The van der Waals surface area contributed by atoms with Crippen molar-refractivity contribution in [1.29, 1.82) is 0 Å². The zero-order valence-electron chi connectivity index (χ0n) is 9.86. The van der Waals surface area contributed by atoms with Gasteiger partial charge < -0.3 is 15.6 Å². The van der Waals surface area contributed by atoms with Crippen molar-refractivity contribution in [2.75, 3.05) is 5.73 Å². The molecule has 3 N–H and O–H groups in total. The molecule has 0 aromatic heterocycles. The Bertz CT molecular complexity index is 692. The number of ether oxygens (including phenoxy) is 1. The fraction of sp³-hybridized carbons (Fsp3) is 0. The van der Waals surface area contributed by atoms with Gasteiger partial charge in [0, 0.05) is 0 Å². The highest BCUT2D eigenvalue weighted by Crippen LogP contribution is 2.37. The summed E-state index contributed by atoms with van der Waals surface area (Å²) in [4.78, 5) is 11.2. The molecule has 2 rings (SSSR count). The van der Waals surface area contributed by atoms with Gasteiger partial charge in [0.2, 0.25) is 0 Å². The smallest absolute Gasteiger partial charge is 0.341 e. The molecule has 104 valence electrons. The van der Waals surface area contributed by atoms with E-state index < -0.39 is 23.0 Å². The van der Waals surface area contributed by atoms with Crippen molar-refractivity contribution in [1.82, 2.24) is 0 Å². The number of hydrogen-bond acceptors (Lipinski definition) is 3. The maximum Gasteiger partial charge on any atom is 0.341 e. The summed E-state index contributed by atoms with van der Waals surface area (Å²) < 4.78 is 18.7. The molecular weight excluding hydrogens is 308 g/mol. The van der Waals surface area contributed by atoms with Crippen LogP contribution in [0.3, 0.4) is 0 Å². The molecule has 0 aliphatic carbocycles. The van der Waals surface area contributed by atoms with Crippen LogP contribution in [-0.4, -0.2) is 11.1 Å². The van der Waals surface area contributed by atoms with Gasteiger partial charge in [-0.05, 0) is 24.3 Å². The second-order valence-electron chi connectivity index (χ2n) is 3.79. The summed E-state index contributed by atoms with van der Waals surface area (Å²) in [6.45, 7) is 0. The average Bonchev–Trinajstić information content (AvgIpc) is 2.39. The molecule has 2 aromatic rings. The lowest BCUT2D eigenvalue weighted by Crippen LogP contribution is -2.07. The van der Waals surface area contributed by atoms with Gasteiger partial charge in [-0.15, -0.1) is 0 Å². The van der Waals surface area contributed by atoms with Gasteiger partial charge in [0.1, 0.15) is 27.9 Å². The number of benzene rings is 2. The first-order chi connectivity index (χ1) is 9.41. The highest BCUT2D eigenvalue weighted by Gasteiger charge is 2.20. The second kappa shape index (κ2) is 5.56. The van der Waals surface area contributed by atoms with E-state index in [0.717, 1.165) is 12.1 Å². The number of aromatic carboxylic acids is 1. The van der Waals surface area contributed by atoms with E-state index >= 15 is 0 Å².